The van der Waals surface area contributed by atoms with E-state index in [1.807, 2.05) is 12.1 Å². The molecule has 136 valence electrons. The molecule has 3 N–H and O–H groups in total. The van der Waals surface area contributed by atoms with Gasteiger partial charge in [-0.15, -0.1) is 11.8 Å². The number of thioether (sulfide) groups is 1. The highest BCUT2D eigenvalue weighted by Gasteiger charge is 2.41. The Morgan fingerprint density at radius 1 is 1.20 bits per heavy atom. The van der Waals surface area contributed by atoms with Crippen molar-refractivity contribution in [3.63, 3.8) is 0 Å². The van der Waals surface area contributed by atoms with E-state index < -0.39 is 11.6 Å². The summed E-state index contributed by atoms with van der Waals surface area (Å²) >= 11 is 1.40. The molecule has 1 aromatic rings. The van der Waals surface area contributed by atoms with E-state index in [2.05, 4.69) is 5.32 Å². The second kappa shape index (κ2) is 7.88. The molecule has 8 heteroatoms. The number of carbonyl (C=O) groups excluding carboxylic acids is 2. The molecule has 0 radical (unpaired) electrons. The zero-order valence-corrected chi connectivity index (χ0v) is 15.0. The molecule has 0 bridgehead atoms. The first-order chi connectivity index (χ1) is 11.7. The van der Waals surface area contributed by atoms with E-state index in [0.29, 0.717) is 5.69 Å². The fourth-order valence-electron chi connectivity index (χ4n) is 2.64. The predicted octanol–water partition coefficient (Wildman–Crippen LogP) is 1.56. The Hall–Kier alpha value is -2.06. The molecule has 1 unspecified atom stereocenters. The SMILES string of the molecule is CC(=O)Nc1ccc(SC(C)C(=O)N2CCC(O)(C(=O)O)CC2)cc1. The highest BCUT2D eigenvalue weighted by atomic mass is 32.2. The first-order valence-electron chi connectivity index (χ1n) is 8.00. The van der Waals surface area contributed by atoms with Gasteiger partial charge in [-0.2, -0.15) is 0 Å². The Morgan fingerprint density at radius 3 is 2.24 bits per heavy atom. The number of benzene rings is 1. The van der Waals surface area contributed by atoms with Crippen molar-refractivity contribution in [1.29, 1.82) is 0 Å². The fourth-order valence-corrected chi connectivity index (χ4v) is 3.59. The second-order valence-electron chi connectivity index (χ2n) is 6.13. The number of carboxylic acid groups (broad SMARTS) is 1. The van der Waals surface area contributed by atoms with Crippen LogP contribution in [-0.2, 0) is 14.4 Å². The monoisotopic (exact) mass is 366 g/mol. The minimum absolute atomic E-state index is 0.0386. The molecule has 1 aliphatic heterocycles. The first kappa shape index (κ1) is 19.3. The van der Waals surface area contributed by atoms with Crippen molar-refractivity contribution in [3.8, 4) is 0 Å². The number of hydrogen-bond acceptors (Lipinski definition) is 5. The van der Waals surface area contributed by atoms with Gasteiger partial charge in [0.25, 0.3) is 0 Å². The van der Waals surface area contributed by atoms with Gasteiger partial charge in [-0.05, 0) is 31.2 Å². The molecular formula is C17H22N2O5S. The van der Waals surface area contributed by atoms with E-state index in [1.165, 1.54) is 18.7 Å². The highest BCUT2D eigenvalue weighted by molar-refractivity contribution is 8.00. The second-order valence-corrected chi connectivity index (χ2v) is 7.54. The number of carbonyl (C=O) groups is 3. The van der Waals surface area contributed by atoms with E-state index >= 15 is 0 Å². The van der Waals surface area contributed by atoms with Crippen LogP contribution in [0.3, 0.4) is 0 Å². The van der Waals surface area contributed by atoms with Crippen LogP contribution in [0.5, 0.6) is 0 Å². The maximum Gasteiger partial charge on any atom is 0.335 e. The Balaban J connectivity index is 1.90. The van der Waals surface area contributed by atoms with Gasteiger partial charge in [0.05, 0.1) is 5.25 Å². The van der Waals surface area contributed by atoms with Crippen molar-refractivity contribution in [1.82, 2.24) is 4.90 Å². The molecule has 0 aromatic heterocycles. The summed E-state index contributed by atoms with van der Waals surface area (Å²) in [6, 6.07) is 7.21. The van der Waals surface area contributed by atoms with Crippen molar-refractivity contribution in [2.45, 2.75) is 42.4 Å². The number of aliphatic carboxylic acids is 1. The molecule has 25 heavy (non-hydrogen) atoms. The lowest BCUT2D eigenvalue weighted by Gasteiger charge is -2.36. The van der Waals surface area contributed by atoms with Crippen molar-refractivity contribution >= 4 is 35.2 Å². The number of anilines is 1. The van der Waals surface area contributed by atoms with Gasteiger partial charge in [0.2, 0.25) is 11.8 Å². The summed E-state index contributed by atoms with van der Waals surface area (Å²) < 4.78 is 0. The van der Waals surface area contributed by atoms with Gasteiger partial charge < -0.3 is 20.4 Å². The number of likely N-dealkylation sites (tertiary alicyclic amines) is 1. The number of amides is 2. The molecule has 1 aliphatic rings. The summed E-state index contributed by atoms with van der Waals surface area (Å²) in [4.78, 5) is 37.1. The quantitative estimate of drug-likeness (QED) is 0.683. The van der Waals surface area contributed by atoms with E-state index in [1.54, 1.807) is 24.0 Å². The van der Waals surface area contributed by atoms with Crippen LogP contribution in [0.15, 0.2) is 29.2 Å². The van der Waals surface area contributed by atoms with Gasteiger partial charge in [0.1, 0.15) is 0 Å². The van der Waals surface area contributed by atoms with E-state index in [9.17, 15) is 19.5 Å². The van der Waals surface area contributed by atoms with Crippen LogP contribution in [0, 0.1) is 0 Å². The zero-order valence-electron chi connectivity index (χ0n) is 14.2. The maximum absolute atomic E-state index is 12.5. The summed E-state index contributed by atoms with van der Waals surface area (Å²) in [5.74, 6) is -1.46. The number of aliphatic hydroxyl groups is 1. The van der Waals surface area contributed by atoms with Crippen LogP contribution >= 0.6 is 11.8 Å². The minimum Gasteiger partial charge on any atom is -0.479 e. The molecular weight excluding hydrogens is 344 g/mol. The molecule has 1 saturated heterocycles. The van der Waals surface area contributed by atoms with E-state index in [4.69, 9.17) is 5.11 Å². The Labute approximate surface area is 150 Å². The third kappa shape index (κ3) is 4.96. The number of rotatable bonds is 5. The molecule has 2 amide bonds. The average Bonchev–Trinajstić information content (AvgIpc) is 2.56. The summed E-state index contributed by atoms with van der Waals surface area (Å²) in [6.07, 6.45) is 0.0771. The number of piperidine rings is 1. The van der Waals surface area contributed by atoms with Crippen molar-refractivity contribution in [2.75, 3.05) is 18.4 Å². The van der Waals surface area contributed by atoms with Gasteiger partial charge in [0.15, 0.2) is 5.60 Å². The summed E-state index contributed by atoms with van der Waals surface area (Å²) in [6.45, 7) is 3.70. The fraction of sp³-hybridized carbons (Fsp3) is 0.471. The van der Waals surface area contributed by atoms with E-state index in [-0.39, 0.29) is 43.0 Å². The van der Waals surface area contributed by atoms with Gasteiger partial charge >= 0.3 is 5.97 Å². The van der Waals surface area contributed by atoms with Crippen molar-refractivity contribution in [3.05, 3.63) is 24.3 Å². The van der Waals surface area contributed by atoms with Crippen LogP contribution < -0.4 is 5.32 Å². The number of nitrogens with zero attached hydrogens (tertiary/aromatic N) is 1. The predicted molar refractivity (Wildman–Crippen MR) is 94.5 cm³/mol. The van der Waals surface area contributed by atoms with Crippen molar-refractivity contribution < 1.29 is 24.6 Å². The first-order valence-corrected chi connectivity index (χ1v) is 8.88. The smallest absolute Gasteiger partial charge is 0.335 e. The van der Waals surface area contributed by atoms with Gasteiger partial charge in [-0.3, -0.25) is 9.59 Å². The molecule has 1 atom stereocenters. The van der Waals surface area contributed by atoms with Gasteiger partial charge in [-0.25, -0.2) is 4.79 Å². The van der Waals surface area contributed by atoms with Gasteiger partial charge in [-0.1, -0.05) is 0 Å². The third-order valence-electron chi connectivity index (χ3n) is 4.14. The Kier molecular flexibility index (Phi) is 6.07. The summed E-state index contributed by atoms with van der Waals surface area (Å²) in [5.41, 5.74) is -1.04. The topological polar surface area (TPSA) is 107 Å². The molecule has 0 saturated carbocycles. The molecule has 2 rings (SSSR count). The van der Waals surface area contributed by atoms with Crippen LogP contribution in [0.4, 0.5) is 5.69 Å². The maximum atomic E-state index is 12.5. The minimum atomic E-state index is -1.73. The van der Waals surface area contributed by atoms with Gasteiger partial charge in [0, 0.05) is 43.4 Å². The molecule has 0 aliphatic carbocycles. The van der Waals surface area contributed by atoms with Crippen LogP contribution in [-0.4, -0.2) is 56.8 Å². The number of hydrogen-bond donors (Lipinski definition) is 3. The van der Waals surface area contributed by atoms with Crippen LogP contribution in [0.2, 0.25) is 0 Å². The lowest BCUT2D eigenvalue weighted by molar-refractivity contribution is -0.165. The summed E-state index contributed by atoms with van der Waals surface area (Å²) in [7, 11) is 0. The molecule has 1 heterocycles. The zero-order chi connectivity index (χ0) is 18.6. The third-order valence-corrected chi connectivity index (χ3v) is 5.24. The largest absolute Gasteiger partial charge is 0.479 e. The molecule has 7 nitrogen and oxygen atoms in total. The molecule has 1 fully saturated rings. The lowest BCUT2D eigenvalue weighted by atomic mass is 9.91. The molecule has 0 spiro atoms. The van der Waals surface area contributed by atoms with E-state index in [0.717, 1.165) is 4.90 Å². The standard InChI is InChI=1S/C17H22N2O5S/c1-11(25-14-5-3-13(4-6-14)18-12(2)20)15(21)19-9-7-17(24,8-10-19)16(22)23/h3-6,11,24H,7-10H2,1-2H3,(H,18,20)(H,22,23). The number of carboxylic acids is 1. The van der Waals surface area contributed by atoms with Crippen LogP contribution in [0.1, 0.15) is 26.7 Å². The highest BCUT2D eigenvalue weighted by Crippen LogP contribution is 2.28. The Morgan fingerprint density at radius 2 is 1.76 bits per heavy atom. The number of nitrogens with one attached hydrogen (secondary N) is 1. The van der Waals surface area contributed by atoms with Crippen molar-refractivity contribution in [2.24, 2.45) is 0 Å². The average molecular weight is 366 g/mol. The summed E-state index contributed by atoms with van der Waals surface area (Å²) in [5, 5.41) is 21.3. The molecule has 1 aromatic carbocycles. The van der Waals surface area contributed by atoms with Crippen LogP contribution in [0.25, 0.3) is 0 Å². The lowest BCUT2D eigenvalue weighted by Crippen LogP contribution is -2.52. The Bertz CT molecular complexity index is 654. The normalized spacial score (nSPS) is 17.6.